The quantitative estimate of drug-likeness (QED) is 0.320. The van der Waals surface area contributed by atoms with Gasteiger partial charge < -0.3 is 4.42 Å². The molecule has 4 aromatic rings. The van der Waals surface area contributed by atoms with E-state index in [2.05, 4.69) is 43.6 Å². The molecule has 0 radical (unpaired) electrons. The largest absolute Gasteiger partial charge is 0.450 e. The smallest absolute Gasteiger partial charge is 0.293 e. The van der Waals surface area contributed by atoms with Gasteiger partial charge in [-0.3, -0.25) is 10.1 Å². The Bertz CT molecular complexity index is 1060. The van der Waals surface area contributed by atoms with Crippen molar-refractivity contribution in [1.29, 1.82) is 0 Å². The summed E-state index contributed by atoms with van der Waals surface area (Å²) in [4.78, 5) is 12.4. The molecule has 0 spiro atoms. The van der Waals surface area contributed by atoms with E-state index in [1.165, 1.54) is 16.9 Å². The van der Waals surface area contributed by atoms with Crippen LogP contribution in [0.15, 0.2) is 67.8 Å². The zero-order chi connectivity index (χ0) is 17.9. The predicted molar refractivity (Wildman–Crippen MR) is 108 cm³/mol. The Hall–Kier alpha value is -2.16. The summed E-state index contributed by atoms with van der Waals surface area (Å²) >= 11 is 6.35. The predicted octanol–water partition coefficient (Wildman–Crippen LogP) is 5.59. The Morgan fingerprint density at radius 1 is 1.15 bits per heavy atom. The number of thioether (sulfide) groups is 1. The second-order valence-corrected chi connectivity index (χ2v) is 8.42. The number of nitrogens with one attached hydrogen (secondary N) is 1. The average Bonchev–Trinajstić information content (AvgIpc) is 3.28. The highest BCUT2D eigenvalue weighted by Crippen LogP contribution is 2.30. The zero-order valence-corrected chi connectivity index (χ0v) is 16.5. The first-order valence-corrected chi connectivity index (χ1v) is 10.3. The van der Waals surface area contributed by atoms with Gasteiger partial charge in [0, 0.05) is 11.1 Å². The first-order valence-electron chi connectivity index (χ1n) is 7.69. The van der Waals surface area contributed by atoms with Gasteiger partial charge in [-0.2, -0.15) is 0 Å². The van der Waals surface area contributed by atoms with Crippen LogP contribution in [0.3, 0.4) is 0 Å². The van der Waals surface area contributed by atoms with E-state index in [9.17, 15) is 4.79 Å². The molecule has 0 bridgehead atoms. The molecule has 4 rings (SSSR count). The fourth-order valence-corrected chi connectivity index (χ4v) is 4.50. The molecule has 8 heteroatoms. The number of anilines is 1. The number of nitrogens with zero attached hydrogens (tertiary/aromatic N) is 2. The lowest BCUT2D eigenvalue weighted by atomic mass is 10.2. The molecule has 2 heterocycles. The van der Waals surface area contributed by atoms with Crippen LogP contribution in [0.5, 0.6) is 0 Å². The fourth-order valence-electron chi connectivity index (χ4n) is 2.34. The molecule has 2 aromatic carbocycles. The van der Waals surface area contributed by atoms with E-state index < -0.39 is 0 Å². The number of carbonyl (C=O) groups is 1. The SMILES string of the molecule is O=C(Nc1nnc(SCc2ccccc2)s1)c1cc2cccc(Br)c2o1. The monoisotopic (exact) mass is 445 g/mol. The summed E-state index contributed by atoms with van der Waals surface area (Å²) in [6.45, 7) is 0. The lowest BCUT2D eigenvalue weighted by molar-refractivity contribution is 0.0998. The van der Waals surface area contributed by atoms with Gasteiger partial charge >= 0.3 is 0 Å². The minimum Gasteiger partial charge on any atom is -0.450 e. The van der Waals surface area contributed by atoms with Gasteiger partial charge in [0.25, 0.3) is 5.91 Å². The van der Waals surface area contributed by atoms with E-state index in [0.29, 0.717) is 10.7 Å². The normalized spacial score (nSPS) is 11.0. The standard InChI is InChI=1S/C18H12BrN3O2S2/c19-13-8-4-7-12-9-14(24-15(12)13)16(23)20-17-21-22-18(26-17)25-10-11-5-2-1-3-6-11/h1-9H,10H2,(H,20,21,23). The third kappa shape index (κ3) is 3.82. The van der Waals surface area contributed by atoms with Gasteiger partial charge in [-0.15, -0.1) is 10.2 Å². The molecule has 26 heavy (non-hydrogen) atoms. The molecule has 0 unspecified atom stereocenters. The van der Waals surface area contributed by atoms with E-state index in [4.69, 9.17) is 4.42 Å². The summed E-state index contributed by atoms with van der Waals surface area (Å²) in [7, 11) is 0. The molecule has 0 aliphatic heterocycles. The maximum Gasteiger partial charge on any atom is 0.293 e. The summed E-state index contributed by atoms with van der Waals surface area (Å²) in [5, 5.41) is 12.2. The molecule has 0 atom stereocenters. The lowest BCUT2D eigenvalue weighted by Gasteiger charge is -1.97. The first-order chi connectivity index (χ1) is 12.7. The van der Waals surface area contributed by atoms with E-state index in [-0.39, 0.29) is 11.7 Å². The Morgan fingerprint density at radius 2 is 2.00 bits per heavy atom. The van der Waals surface area contributed by atoms with Crippen molar-refractivity contribution in [3.8, 4) is 0 Å². The Labute approximate surface area is 166 Å². The van der Waals surface area contributed by atoms with Crippen LogP contribution in [-0.2, 0) is 5.75 Å². The zero-order valence-electron chi connectivity index (χ0n) is 13.3. The van der Waals surface area contributed by atoms with Crippen LogP contribution in [0, 0.1) is 0 Å². The number of halogens is 1. The number of aromatic nitrogens is 2. The van der Waals surface area contributed by atoms with Crippen molar-refractivity contribution in [3.05, 3.63) is 70.4 Å². The van der Waals surface area contributed by atoms with Gasteiger partial charge in [0.15, 0.2) is 10.1 Å². The van der Waals surface area contributed by atoms with E-state index >= 15 is 0 Å². The lowest BCUT2D eigenvalue weighted by Crippen LogP contribution is -2.10. The van der Waals surface area contributed by atoms with Crippen LogP contribution in [0.1, 0.15) is 16.1 Å². The molecular formula is C18H12BrN3O2S2. The Kier molecular flexibility index (Phi) is 5.05. The molecule has 0 saturated carbocycles. The molecule has 1 N–H and O–H groups in total. The fraction of sp³-hybridized carbons (Fsp3) is 0.0556. The summed E-state index contributed by atoms with van der Waals surface area (Å²) in [5.74, 6) is 0.700. The summed E-state index contributed by atoms with van der Waals surface area (Å²) in [6, 6.07) is 17.5. The topological polar surface area (TPSA) is 68.0 Å². The van der Waals surface area contributed by atoms with Crippen LogP contribution in [-0.4, -0.2) is 16.1 Å². The van der Waals surface area contributed by atoms with Crippen molar-refractivity contribution >= 4 is 61.0 Å². The molecule has 2 aromatic heterocycles. The molecule has 130 valence electrons. The molecule has 0 fully saturated rings. The molecule has 0 aliphatic carbocycles. The maximum atomic E-state index is 12.4. The average molecular weight is 446 g/mol. The number of amides is 1. The number of rotatable bonds is 5. The van der Waals surface area contributed by atoms with Gasteiger partial charge in [-0.1, -0.05) is 65.6 Å². The van der Waals surface area contributed by atoms with Crippen molar-refractivity contribution in [2.45, 2.75) is 10.1 Å². The number of fused-ring (bicyclic) bond motifs is 1. The third-order valence-electron chi connectivity index (χ3n) is 3.55. The van der Waals surface area contributed by atoms with E-state index in [1.54, 1.807) is 17.8 Å². The highest BCUT2D eigenvalue weighted by Gasteiger charge is 2.16. The number of hydrogen-bond donors (Lipinski definition) is 1. The van der Waals surface area contributed by atoms with Crippen molar-refractivity contribution in [3.63, 3.8) is 0 Å². The highest BCUT2D eigenvalue weighted by atomic mass is 79.9. The van der Waals surface area contributed by atoms with Crippen LogP contribution < -0.4 is 5.32 Å². The molecule has 1 amide bonds. The second kappa shape index (κ2) is 7.61. The number of furan rings is 1. The van der Waals surface area contributed by atoms with Crippen LogP contribution in [0.2, 0.25) is 0 Å². The number of para-hydroxylation sites is 1. The molecule has 0 aliphatic rings. The number of carbonyl (C=O) groups excluding carboxylic acids is 1. The summed E-state index contributed by atoms with van der Waals surface area (Å²) in [6.07, 6.45) is 0. The van der Waals surface area contributed by atoms with Crippen molar-refractivity contribution in [1.82, 2.24) is 10.2 Å². The van der Waals surface area contributed by atoms with Gasteiger partial charge in [0.2, 0.25) is 5.13 Å². The van der Waals surface area contributed by atoms with Crippen molar-refractivity contribution in [2.75, 3.05) is 5.32 Å². The highest BCUT2D eigenvalue weighted by molar-refractivity contribution is 9.10. The Balaban J connectivity index is 1.43. The van der Waals surface area contributed by atoms with Gasteiger partial charge in [-0.05, 0) is 33.6 Å². The molecule has 5 nitrogen and oxygen atoms in total. The van der Waals surface area contributed by atoms with Crippen molar-refractivity contribution < 1.29 is 9.21 Å². The Morgan fingerprint density at radius 3 is 2.81 bits per heavy atom. The van der Waals surface area contributed by atoms with E-state index in [0.717, 1.165) is 20.0 Å². The van der Waals surface area contributed by atoms with Crippen LogP contribution >= 0.6 is 39.0 Å². The third-order valence-corrected chi connectivity index (χ3v) is 6.22. The van der Waals surface area contributed by atoms with Gasteiger partial charge in [0.05, 0.1) is 4.47 Å². The number of hydrogen-bond acceptors (Lipinski definition) is 6. The van der Waals surface area contributed by atoms with Crippen LogP contribution in [0.4, 0.5) is 5.13 Å². The van der Waals surface area contributed by atoms with Gasteiger partial charge in [0.1, 0.15) is 5.58 Å². The maximum absolute atomic E-state index is 12.4. The van der Waals surface area contributed by atoms with E-state index in [1.807, 2.05) is 36.4 Å². The summed E-state index contributed by atoms with van der Waals surface area (Å²) in [5.41, 5.74) is 1.86. The number of benzene rings is 2. The van der Waals surface area contributed by atoms with Crippen molar-refractivity contribution in [2.24, 2.45) is 0 Å². The minimum absolute atomic E-state index is 0.237. The molecule has 0 saturated heterocycles. The minimum atomic E-state index is -0.344. The molecular weight excluding hydrogens is 434 g/mol. The second-order valence-electron chi connectivity index (χ2n) is 5.37. The van der Waals surface area contributed by atoms with Crippen LogP contribution in [0.25, 0.3) is 11.0 Å². The van der Waals surface area contributed by atoms with Gasteiger partial charge in [-0.25, -0.2) is 0 Å². The first kappa shape index (κ1) is 17.3. The summed E-state index contributed by atoms with van der Waals surface area (Å²) < 4.78 is 7.25.